The Morgan fingerprint density at radius 3 is 2.52 bits per heavy atom. The van der Waals surface area contributed by atoms with Crippen LogP contribution in [-0.4, -0.2) is 35.8 Å². The molecule has 7 atom stereocenters. The molecular formula is C27H38N2O2. The molecule has 1 aromatic rings. The minimum atomic E-state index is 0.170. The average molecular weight is 423 g/mol. The molecule has 168 valence electrons. The van der Waals surface area contributed by atoms with Crippen LogP contribution < -0.4 is 5.32 Å². The zero-order valence-corrected chi connectivity index (χ0v) is 19.4. The molecule has 0 spiro atoms. The lowest BCUT2D eigenvalue weighted by molar-refractivity contribution is -0.157. The van der Waals surface area contributed by atoms with Gasteiger partial charge in [0, 0.05) is 25.6 Å². The fourth-order valence-corrected chi connectivity index (χ4v) is 8.41. The first-order valence-electron chi connectivity index (χ1n) is 12.4. The molecule has 1 heterocycles. The molecule has 4 fully saturated rings. The fourth-order valence-electron chi connectivity index (χ4n) is 8.41. The van der Waals surface area contributed by atoms with E-state index in [1.165, 1.54) is 25.7 Å². The van der Waals surface area contributed by atoms with Crippen molar-refractivity contribution in [3.8, 4) is 0 Å². The number of carbonyl (C=O) groups is 2. The van der Waals surface area contributed by atoms with E-state index in [-0.39, 0.29) is 16.7 Å². The number of piperidine rings is 1. The molecule has 1 aliphatic heterocycles. The average Bonchev–Trinajstić information content (AvgIpc) is 3.08. The Morgan fingerprint density at radius 1 is 1.00 bits per heavy atom. The number of nitrogens with one attached hydrogen (secondary N) is 1. The number of nitrogens with zero attached hydrogens (tertiary/aromatic N) is 1. The van der Waals surface area contributed by atoms with Crippen molar-refractivity contribution in [1.29, 1.82) is 0 Å². The Balaban J connectivity index is 1.30. The molecule has 4 heteroatoms. The van der Waals surface area contributed by atoms with Gasteiger partial charge in [0.15, 0.2) is 0 Å². The standard InChI is InChI=1S/C27H38N2O2/c1-26-15-13-21-19(9-12-23-27(21,2)16-14-25(31)29(23)3)20(26)10-11-22(26)28-24(30)17-18-7-5-4-6-8-18/h4-8,19-23H,9-17H2,1-3H3,(H,28,30)/t19-,20-,21-,22?,23+,26-,27+/m0/s1. The first kappa shape index (κ1) is 21.0. The summed E-state index contributed by atoms with van der Waals surface area (Å²) in [4.78, 5) is 27.3. The second-order valence-electron chi connectivity index (χ2n) is 11.4. The normalized spacial score (nSPS) is 41.8. The van der Waals surface area contributed by atoms with E-state index < -0.39 is 0 Å². The Hall–Kier alpha value is -1.84. The Morgan fingerprint density at radius 2 is 1.74 bits per heavy atom. The van der Waals surface area contributed by atoms with Gasteiger partial charge in [0.1, 0.15) is 0 Å². The molecular weight excluding hydrogens is 384 g/mol. The topological polar surface area (TPSA) is 49.4 Å². The Labute approximate surface area is 187 Å². The molecule has 1 N–H and O–H groups in total. The van der Waals surface area contributed by atoms with Gasteiger partial charge >= 0.3 is 0 Å². The van der Waals surface area contributed by atoms with Gasteiger partial charge in [0.05, 0.1) is 6.42 Å². The van der Waals surface area contributed by atoms with Crippen molar-refractivity contribution < 1.29 is 9.59 Å². The number of rotatable bonds is 3. The minimum absolute atomic E-state index is 0.170. The highest BCUT2D eigenvalue weighted by molar-refractivity contribution is 5.79. The van der Waals surface area contributed by atoms with Gasteiger partial charge in [-0.2, -0.15) is 0 Å². The third-order valence-corrected chi connectivity index (χ3v) is 10.1. The molecule has 2 amide bonds. The van der Waals surface area contributed by atoms with E-state index in [9.17, 15) is 9.59 Å². The van der Waals surface area contributed by atoms with Crippen molar-refractivity contribution in [2.24, 2.45) is 28.6 Å². The van der Waals surface area contributed by atoms with E-state index in [0.29, 0.717) is 36.8 Å². The maximum absolute atomic E-state index is 12.8. The summed E-state index contributed by atoms with van der Waals surface area (Å²) in [6.45, 7) is 4.94. The zero-order chi connectivity index (χ0) is 21.8. The summed E-state index contributed by atoms with van der Waals surface area (Å²) in [5.74, 6) is 2.68. The van der Waals surface area contributed by atoms with Gasteiger partial charge in [0.25, 0.3) is 0 Å². The molecule has 4 nitrogen and oxygen atoms in total. The van der Waals surface area contributed by atoms with Crippen LogP contribution in [0.1, 0.15) is 70.8 Å². The summed E-state index contributed by atoms with van der Waals surface area (Å²) >= 11 is 0. The Bertz CT molecular complexity index is 854. The lowest BCUT2D eigenvalue weighted by Gasteiger charge is -2.61. The predicted octanol–water partition coefficient (Wildman–Crippen LogP) is 4.58. The highest BCUT2D eigenvalue weighted by Gasteiger charge is 2.61. The highest BCUT2D eigenvalue weighted by Crippen LogP contribution is 2.64. The number of hydrogen-bond acceptors (Lipinski definition) is 2. The molecule has 5 rings (SSSR count). The number of amides is 2. The first-order chi connectivity index (χ1) is 14.8. The van der Waals surface area contributed by atoms with Crippen LogP contribution in [0.3, 0.4) is 0 Å². The molecule has 31 heavy (non-hydrogen) atoms. The summed E-state index contributed by atoms with van der Waals surface area (Å²) in [5, 5.41) is 3.45. The van der Waals surface area contributed by atoms with Crippen molar-refractivity contribution in [1.82, 2.24) is 10.2 Å². The van der Waals surface area contributed by atoms with Crippen LogP contribution in [0, 0.1) is 28.6 Å². The monoisotopic (exact) mass is 422 g/mol. The van der Waals surface area contributed by atoms with Gasteiger partial charge in [0.2, 0.25) is 11.8 Å². The summed E-state index contributed by atoms with van der Waals surface area (Å²) in [5.41, 5.74) is 1.57. The van der Waals surface area contributed by atoms with Crippen LogP contribution in [-0.2, 0) is 16.0 Å². The number of benzene rings is 1. The SMILES string of the molecule is CN1C(=O)CC[C@]2(C)[C@H]3CC[C@]4(C)C(NC(=O)Cc5ccccc5)CC[C@H]4[C@@H]3CC[C@@H]12. The van der Waals surface area contributed by atoms with Crippen molar-refractivity contribution in [3.63, 3.8) is 0 Å². The molecule has 0 bridgehead atoms. The molecule has 1 saturated heterocycles. The largest absolute Gasteiger partial charge is 0.353 e. The van der Waals surface area contributed by atoms with Crippen molar-refractivity contribution in [2.75, 3.05) is 7.05 Å². The van der Waals surface area contributed by atoms with Crippen LogP contribution in [0.15, 0.2) is 30.3 Å². The van der Waals surface area contributed by atoms with Gasteiger partial charge in [-0.1, -0.05) is 44.2 Å². The first-order valence-corrected chi connectivity index (χ1v) is 12.4. The van der Waals surface area contributed by atoms with Gasteiger partial charge in [-0.3, -0.25) is 9.59 Å². The fraction of sp³-hybridized carbons (Fsp3) is 0.704. The second kappa shape index (κ2) is 7.64. The maximum atomic E-state index is 12.8. The summed E-state index contributed by atoms with van der Waals surface area (Å²) < 4.78 is 0. The maximum Gasteiger partial charge on any atom is 0.224 e. The molecule has 0 aromatic heterocycles. The lowest BCUT2D eigenvalue weighted by Crippen LogP contribution is -2.62. The summed E-state index contributed by atoms with van der Waals surface area (Å²) in [6, 6.07) is 10.8. The van der Waals surface area contributed by atoms with Crippen LogP contribution in [0.4, 0.5) is 0 Å². The summed E-state index contributed by atoms with van der Waals surface area (Å²) in [7, 11) is 2.03. The van der Waals surface area contributed by atoms with E-state index in [2.05, 4.69) is 24.1 Å². The van der Waals surface area contributed by atoms with E-state index in [1.807, 2.05) is 37.4 Å². The molecule has 1 unspecified atom stereocenters. The van der Waals surface area contributed by atoms with Crippen molar-refractivity contribution in [2.45, 2.75) is 83.7 Å². The van der Waals surface area contributed by atoms with Gasteiger partial charge in [-0.25, -0.2) is 0 Å². The van der Waals surface area contributed by atoms with E-state index >= 15 is 0 Å². The van der Waals surface area contributed by atoms with Gasteiger partial charge in [-0.05, 0) is 79.1 Å². The Kier molecular flexibility index (Phi) is 5.18. The van der Waals surface area contributed by atoms with Crippen LogP contribution in [0.2, 0.25) is 0 Å². The van der Waals surface area contributed by atoms with Crippen LogP contribution in [0.5, 0.6) is 0 Å². The highest BCUT2D eigenvalue weighted by atomic mass is 16.2. The number of fused-ring (bicyclic) bond motifs is 5. The number of hydrogen-bond donors (Lipinski definition) is 1. The third kappa shape index (κ3) is 3.32. The molecule has 1 aromatic carbocycles. The number of carbonyl (C=O) groups excluding carboxylic acids is 2. The van der Waals surface area contributed by atoms with Crippen molar-refractivity contribution in [3.05, 3.63) is 35.9 Å². The van der Waals surface area contributed by atoms with E-state index in [0.717, 1.165) is 36.7 Å². The van der Waals surface area contributed by atoms with Gasteiger partial charge < -0.3 is 10.2 Å². The smallest absolute Gasteiger partial charge is 0.224 e. The van der Waals surface area contributed by atoms with Crippen LogP contribution in [0.25, 0.3) is 0 Å². The number of likely N-dealkylation sites (tertiary alicyclic amines) is 1. The predicted molar refractivity (Wildman–Crippen MR) is 122 cm³/mol. The third-order valence-electron chi connectivity index (χ3n) is 10.1. The quantitative estimate of drug-likeness (QED) is 0.775. The van der Waals surface area contributed by atoms with Crippen molar-refractivity contribution >= 4 is 11.8 Å². The molecule has 3 aliphatic carbocycles. The molecule has 0 radical (unpaired) electrons. The lowest BCUT2D eigenvalue weighted by atomic mass is 9.47. The molecule has 3 saturated carbocycles. The second-order valence-corrected chi connectivity index (χ2v) is 11.4. The van der Waals surface area contributed by atoms with Gasteiger partial charge in [-0.15, -0.1) is 0 Å². The minimum Gasteiger partial charge on any atom is -0.353 e. The molecule has 4 aliphatic rings. The van der Waals surface area contributed by atoms with Crippen LogP contribution >= 0.6 is 0 Å². The van der Waals surface area contributed by atoms with E-state index in [4.69, 9.17) is 0 Å². The van der Waals surface area contributed by atoms with E-state index in [1.54, 1.807) is 0 Å². The zero-order valence-electron chi connectivity index (χ0n) is 19.4. The summed E-state index contributed by atoms with van der Waals surface area (Å²) in [6.07, 6.45) is 9.45.